The Bertz CT molecular complexity index is 623. The molecule has 2 rings (SSSR count). The molecule has 0 saturated carbocycles. The van der Waals surface area contributed by atoms with Gasteiger partial charge in [-0.15, -0.1) is 0 Å². The molecule has 0 aliphatic carbocycles. The average Bonchev–Trinajstić information content (AvgIpc) is 2.46. The van der Waals surface area contributed by atoms with Crippen molar-refractivity contribution in [3.8, 4) is 0 Å². The quantitative estimate of drug-likeness (QED) is 0.676. The lowest BCUT2D eigenvalue weighted by Crippen LogP contribution is -2.21. The van der Waals surface area contributed by atoms with Gasteiger partial charge in [0.05, 0.1) is 12.1 Å². The fourth-order valence-corrected chi connectivity index (χ4v) is 2.14. The van der Waals surface area contributed by atoms with Crippen molar-refractivity contribution >= 4 is 27.5 Å². The minimum absolute atomic E-state index is 0.120. The number of hydrogen-bond acceptors (Lipinski definition) is 2. The second-order valence-corrected chi connectivity index (χ2v) is 5.32. The molecule has 1 N–H and O–H groups in total. The molecule has 1 amide bonds. The summed E-state index contributed by atoms with van der Waals surface area (Å²) in [5, 5.41) is 4.13. The third-order valence-corrected chi connectivity index (χ3v) is 3.29. The normalized spacial score (nSPS) is 11.2. The molecule has 0 aliphatic heterocycles. The van der Waals surface area contributed by atoms with Gasteiger partial charge >= 0.3 is 0 Å². The van der Waals surface area contributed by atoms with Gasteiger partial charge in [0.2, 0.25) is 5.91 Å². The van der Waals surface area contributed by atoms with Crippen molar-refractivity contribution in [1.29, 1.82) is 0 Å². The molecule has 3 nitrogen and oxygen atoms in total. The van der Waals surface area contributed by atoms with Gasteiger partial charge in [0.25, 0.3) is 0 Å². The zero-order chi connectivity index (χ0) is 14.4. The SMILES string of the molecule is CC(=NNC(=O)Cc1ccccc1)c1cccc(Br)c1. The van der Waals surface area contributed by atoms with Crippen LogP contribution in [0.2, 0.25) is 0 Å². The smallest absolute Gasteiger partial charge is 0.244 e. The van der Waals surface area contributed by atoms with E-state index in [1.54, 1.807) is 0 Å². The molecule has 102 valence electrons. The summed E-state index contributed by atoms with van der Waals surface area (Å²) >= 11 is 3.41. The van der Waals surface area contributed by atoms with E-state index in [-0.39, 0.29) is 5.91 Å². The molecule has 0 aromatic heterocycles. The minimum Gasteiger partial charge on any atom is -0.273 e. The van der Waals surface area contributed by atoms with E-state index in [9.17, 15) is 4.79 Å². The van der Waals surface area contributed by atoms with Crippen molar-refractivity contribution in [2.24, 2.45) is 5.10 Å². The minimum atomic E-state index is -0.120. The number of hydrazone groups is 1. The molecule has 2 aromatic carbocycles. The highest BCUT2D eigenvalue weighted by atomic mass is 79.9. The maximum absolute atomic E-state index is 11.8. The van der Waals surface area contributed by atoms with Crippen molar-refractivity contribution in [2.45, 2.75) is 13.3 Å². The number of nitrogens with one attached hydrogen (secondary N) is 1. The first-order valence-corrected chi connectivity index (χ1v) is 7.07. The summed E-state index contributed by atoms with van der Waals surface area (Å²) < 4.78 is 0.986. The van der Waals surface area contributed by atoms with Crippen LogP contribution in [0.3, 0.4) is 0 Å². The molecule has 2 aromatic rings. The van der Waals surface area contributed by atoms with Crippen molar-refractivity contribution in [3.05, 3.63) is 70.2 Å². The van der Waals surface area contributed by atoms with Crippen LogP contribution in [0.4, 0.5) is 0 Å². The van der Waals surface area contributed by atoms with E-state index in [1.807, 2.05) is 61.5 Å². The van der Waals surface area contributed by atoms with Crippen molar-refractivity contribution in [2.75, 3.05) is 0 Å². The van der Waals surface area contributed by atoms with Gasteiger partial charge in [0.15, 0.2) is 0 Å². The summed E-state index contributed by atoms with van der Waals surface area (Å²) in [7, 11) is 0. The van der Waals surface area contributed by atoms with E-state index in [0.29, 0.717) is 6.42 Å². The molecule has 0 fully saturated rings. The summed E-state index contributed by atoms with van der Waals surface area (Å²) in [4.78, 5) is 11.8. The summed E-state index contributed by atoms with van der Waals surface area (Å²) in [6.45, 7) is 1.87. The van der Waals surface area contributed by atoms with Gasteiger partial charge in [-0.05, 0) is 30.2 Å². The third-order valence-electron chi connectivity index (χ3n) is 2.80. The number of amides is 1. The predicted octanol–water partition coefficient (Wildman–Crippen LogP) is 3.53. The first kappa shape index (κ1) is 14.5. The highest BCUT2D eigenvalue weighted by Gasteiger charge is 2.03. The number of halogens is 1. The second kappa shape index (κ2) is 7.01. The van der Waals surface area contributed by atoms with Crippen LogP contribution in [0.25, 0.3) is 0 Å². The van der Waals surface area contributed by atoms with E-state index in [4.69, 9.17) is 0 Å². The molecule has 20 heavy (non-hydrogen) atoms. The molecule has 0 unspecified atom stereocenters. The molecule has 0 aliphatic rings. The van der Waals surface area contributed by atoms with Gasteiger partial charge in [0, 0.05) is 4.47 Å². The fourth-order valence-electron chi connectivity index (χ4n) is 1.75. The summed E-state index contributed by atoms with van der Waals surface area (Å²) in [6.07, 6.45) is 0.329. The van der Waals surface area contributed by atoms with Crippen LogP contribution >= 0.6 is 15.9 Å². The number of carbonyl (C=O) groups is 1. The molecule has 4 heteroatoms. The Morgan fingerprint density at radius 1 is 1.15 bits per heavy atom. The van der Waals surface area contributed by atoms with Gasteiger partial charge in [-0.25, -0.2) is 5.43 Å². The molecular weight excluding hydrogens is 316 g/mol. The van der Waals surface area contributed by atoms with Crippen LogP contribution in [-0.4, -0.2) is 11.6 Å². The number of nitrogens with zero attached hydrogens (tertiary/aromatic N) is 1. The Morgan fingerprint density at radius 3 is 2.60 bits per heavy atom. The summed E-state index contributed by atoms with van der Waals surface area (Å²) in [6, 6.07) is 17.4. The van der Waals surface area contributed by atoms with Gasteiger partial charge in [0.1, 0.15) is 0 Å². The zero-order valence-electron chi connectivity index (χ0n) is 11.1. The molecule has 0 atom stereocenters. The Hall–Kier alpha value is -1.94. The third kappa shape index (κ3) is 4.31. The predicted molar refractivity (Wildman–Crippen MR) is 84.6 cm³/mol. The van der Waals surface area contributed by atoms with Crippen molar-refractivity contribution in [1.82, 2.24) is 5.43 Å². The molecule has 0 radical (unpaired) electrons. The Morgan fingerprint density at radius 2 is 1.90 bits per heavy atom. The lowest BCUT2D eigenvalue weighted by atomic mass is 10.1. The summed E-state index contributed by atoms with van der Waals surface area (Å²) in [5.41, 5.74) is 5.30. The highest BCUT2D eigenvalue weighted by Crippen LogP contribution is 2.12. The molecule has 0 heterocycles. The van der Waals surface area contributed by atoms with E-state index in [0.717, 1.165) is 21.3 Å². The monoisotopic (exact) mass is 330 g/mol. The number of hydrogen-bond donors (Lipinski definition) is 1. The van der Waals surface area contributed by atoms with Crippen LogP contribution in [0.15, 0.2) is 64.2 Å². The number of carbonyl (C=O) groups excluding carboxylic acids is 1. The largest absolute Gasteiger partial charge is 0.273 e. The molecule has 0 bridgehead atoms. The molecular formula is C16H15BrN2O. The lowest BCUT2D eigenvalue weighted by Gasteiger charge is -2.03. The molecule has 0 saturated heterocycles. The van der Waals surface area contributed by atoms with Gasteiger partial charge in [-0.2, -0.15) is 5.10 Å². The second-order valence-electron chi connectivity index (χ2n) is 4.40. The average molecular weight is 331 g/mol. The maximum atomic E-state index is 11.8. The van der Waals surface area contributed by atoms with Gasteiger partial charge in [-0.3, -0.25) is 4.79 Å². The number of benzene rings is 2. The number of rotatable bonds is 4. The molecule has 0 spiro atoms. The standard InChI is InChI=1S/C16H15BrN2O/c1-12(14-8-5-9-15(17)11-14)18-19-16(20)10-13-6-3-2-4-7-13/h2-9,11H,10H2,1H3,(H,19,20). The first-order valence-electron chi connectivity index (χ1n) is 6.28. The highest BCUT2D eigenvalue weighted by molar-refractivity contribution is 9.10. The lowest BCUT2D eigenvalue weighted by molar-refractivity contribution is -0.120. The van der Waals surface area contributed by atoms with Crippen LogP contribution in [0, 0.1) is 0 Å². The first-order chi connectivity index (χ1) is 9.65. The van der Waals surface area contributed by atoms with Crippen LogP contribution in [0.1, 0.15) is 18.1 Å². The Kier molecular flexibility index (Phi) is 5.07. The topological polar surface area (TPSA) is 41.5 Å². The van der Waals surface area contributed by atoms with Crippen LogP contribution in [0.5, 0.6) is 0 Å². The Balaban J connectivity index is 1.97. The van der Waals surface area contributed by atoms with Gasteiger partial charge < -0.3 is 0 Å². The van der Waals surface area contributed by atoms with Crippen molar-refractivity contribution < 1.29 is 4.79 Å². The maximum Gasteiger partial charge on any atom is 0.244 e. The van der Waals surface area contributed by atoms with Crippen molar-refractivity contribution in [3.63, 3.8) is 0 Å². The van der Waals surface area contributed by atoms with Gasteiger partial charge in [-0.1, -0.05) is 58.4 Å². The van der Waals surface area contributed by atoms with E-state index in [2.05, 4.69) is 26.5 Å². The van der Waals surface area contributed by atoms with E-state index >= 15 is 0 Å². The van der Waals surface area contributed by atoms with E-state index < -0.39 is 0 Å². The Labute approximate surface area is 126 Å². The van der Waals surface area contributed by atoms with Crippen LogP contribution < -0.4 is 5.43 Å². The van der Waals surface area contributed by atoms with Crippen LogP contribution in [-0.2, 0) is 11.2 Å². The fraction of sp³-hybridized carbons (Fsp3) is 0.125. The zero-order valence-corrected chi connectivity index (χ0v) is 12.7. The summed E-state index contributed by atoms with van der Waals surface area (Å²) in [5.74, 6) is -0.120. The van der Waals surface area contributed by atoms with E-state index in [1.165, 1.54) is 0 Å².